The van der Waals surface area contributed by atoms with Crippen LogP contribution in [0.2, 0.25) is 0 Å². The molecule has 0 spiro atoms. The number of hydrogen-bond donors (Lipinski definition) is 2. The van der Waals surface area contributed by atoms with E-state index in [1.807, 2.05) is 6.92 Å². The number of hydrogen-bond acceptors (Lipinski definition) is 4. The predicted molar refractivity (Wildman–Crippen MR) is 49.2 cm³/mol. The molecule has 0 aromatic rings. The van der Waals surface area contributed by atoms with E-state index in [2.05, 4.69) is 4.72 Å². The molecule has 0 aromatic heterocycles. The lowest BCUT2D eigenvalue weighted by molar-refractivity contribution is -0.131. The quantitative estimate of drug-likeness (QED) is 0.613. The van der Waals surface area contributed by atoms with Gasteiger partial charge in [0.05, 0.1) is 18.8 Å². The monoisotopic (exact) mass is 201 g/mol. The van der Waals surface area contributed by atoms with E-state index in [9.17, 15) is 4.79 Å². The molecule has 0 aliphatic carbocycles. The number of rotatable bonds is 1. The van der Waals surface area contributed by atoms with Crippen molar-refractivity contribution in [3.05, 3.63) is 10.5 Å². The summed E-state index contributed by atoms with van der Waals surface area (Å²) < 4.78 is 8.46. The van der Waals surface area contributed by atoms with Crippen molar-refractivity contribution in [2.45, 2.75) is 25.5 Å². The second-order valence-corrected chi connectivity index (χ2v) is 4.13. The summed E-state index contributed by atoms with van der Waals surface area (Å²) in [6.07, 6.45) is 0.868. The first-order chi connectivity index (χ1) is 6.18. The zero-order chi connectivity index (χ0) is 9.42. The lowest BCUT2D eigenvalue weighted by Crippen LogP contribution is -2.34. The first kappa shape index (κ1) is 9.05. The molecular formula is C8H11NO3S. The van der Waals surface area contributed by atoms with E-state index in [-0.39, 0.29) is 12.1 Å². The molecule has 4 nitrogen and oxygen atoms in total. The van der Waals surface area contributed by atoms with E-state index in [0.29, 0.717) is 11.5 Å². The molecule has 2 aliphatic rings. The Kier molecular flexibility index (Phi) is 2.31. The summed E-state index contributed by atoms with van der Waals surface area (Å²) in [6.45, 7) is 2.55. The fourth-order valence-corrected chi connectivity index (χ4v) is 2.52. The number of aliphatic carboxylic acids is 1. The third kappa shape index (κ3) is 1.59. The summed E-state index contributed by atoms with van der Waals surface area (Å²) in [4.78, 5) is 11.3. The van der Waals surface area contributed by atoms with Crippen molar-refractivity contribution in [3.63, 3.8) is 0 Å². The van der Waals surface area contributed by atoms with Crippen LogP contribution in [0, 0.1) is 0 Å². The standard InChI is InChI=1S/C8H11NO3S/c1-4-2-5-6(3-12-4)9-13-7(5)8(10)11/h4,6,9H,2-3H2,1H3,(H,10,11). The number of ether oxygens (including phenoxy) is 1. The van der Waals surface area contributed by atoms with Crippen molar-refractivity contribution in [3.8, 4) is 0 Å². The molecule has 2 N–H and O–H groups in total. The first-order valence-electron chi connectivity index (χ1n) is 4.19. The normalized spacial score (nSPS) is 33.3. The predicted octanol–water partition coefficient (Wildman–Crippen LogP) is 0.754. The van der Waals surface area contributed by atoms with E-state index in [1.54, 1.807) is 0 Å². The van der Waals surface area contributed by atoms with Gasteiger partial charge in [-0.15, -0.1) is 0 Å². The number of nitrogens with one attached hydrogen (secondary N) is 1. The highest BCUT2D eigenvalue weighted by atomic mass is 32.2. The topological polar surface area (TPSA) is 58.6 Å². The van der Waals surface area contributed by atoms with Gasteiger partial charge in [-0.3, -0.25) is 4.72 Å². The highest BCUT2D eigenvalue weighted by Crippen LogP contribution is 2.34. The summed E-state index contributed by atoms with van der Waals surface area (Å²) in [5.41, 5.74) is 0.997. The van der Waals surface area contributed by atoms with Gasteiger partial charge in [0, 0.05) is 0 Å². The fraction of sp³-hybridized carbons (Fsp3) is 0.625. The summed E-state index contributed by atoms with van der Waals surface area (Å²) in [7, 11) is 0. The molecule has 72 valence electrons. The number of carbonyl (C=O) groups is 1. The molecule has 13 heavy (non-hydrogen) atoms. The molecule has 1 saturated heterocycles. The van der Waals surface area contributed by atoms with Crippen LogP contribution in [0.5, 0.6) is 0 Å². The van der Waals surface area contributed by atoms with Gasteiger partial charge in [-0.25, -0.2) is 4.79 Å². The highest BCUT2D eigenvalue weighted by Gasteiger charge is 2.34. The molecular weight excluding hydrogens is 190 g/mol. The molecule has 2 rings (SSSR count). The van der Waals surface area contributed by atoms with Crippen LogP contribution in [0.25, 0.3) is 0 Å². The van der Waals surface area contributed by atoms with E-state index < -0.39 is 5.97 Å². The zero-order valence-corrected chi connectivity index (χ0v) is 8.06. The average molecular weight is 201 g/mol. The summed E-state index contributed by atoms with van der Waals surface area (Å²) in [5, 5.41) is 8.88. The van der Waals surface area contributed by atoms with Crippen LogP contribution in [-0.4, -0.2) is 29.8 Å². The Morgan fingerprint density at radius 2 is 2.54 bits per heavy atom. The Morgan fingerprint density at radius 1 is 1.77 bits per heavy atom. The molecule has 0 radical (unpaired) electrons. The number of carboxylic acid groups (broad SMARTS) is 1. The third-order valence-electron chi connectivity index (χ3n) is 2.26. The van der Waals surface area contributed by atoms with Gasteiger partial charge in [0.2, 0.25) is 0 Å². The number of carboxylic acids is 1. The van der Waals surface area contributed by atoms with E-state index in [1.165, 1.54) is 11.9 Å². The Bertz CT molecular complexity index is 277. The van der Waals surface area contributed by atoms with Crippen LogP contribution in [-0.2, 0) is 9.53 Å². The van der Waals surface area contributed by atoms with Gasteiger partial charge in [-0.2, -0.15) is 0 Å². The molecule has 0 aromatic carbocycles. The van der Waals surface area contributed by atoms with Crippen LogP contribution >= 0.6 is 11.9 Å². The lowest BCUT2D eigenvalue weighted by atomic mass is 9.99. The van der Waals surface area contributed by atoms with Gasteiger partial charge in [-0.1, -0.05) is 0 Å². The molecule has 0 saturated carbocycles. The van der Waals surface area contributed by atoms with Crippen LogP contribution in [0.3, 0.4) is 0 Å². The molecule has 2 unspecified atom stereocenters. The van der Waals surface area contributed by atoms with Crippen molar-refractivity contribution in [1.29, 1.82) is 0 Å². The van der Waals surface area contributed by atoms with Gasteiger partial charge in [0.25, 0.3) is 0 Å². The Hall–Kier alpha value is -0.520. The Labute approximate surface area is 80.5 Å². The molecule has 2 atom stereocenters. The molecule has 5 heteroatoms. The zero-order valence-electron chi connectivity index (χ0n) is 7.24. The molecule has 0 bridgehead atoms. The second-order valence-electron chi connectivity index (χ2n) is 3.28. The van der Waals surface area contributed by atoms with Crippen molar-refractivity contribution < 1.29 is 14.6 Å². The van der Waals surface area contributed by atoms with Crippen LogP contribution in [0.15, 0.2) is 10.5 Å². The van der Waals surface area contributed by atoms with Gasteiger partial charge < -0.3 is 9.84 Å². The fourth-order valence-electron chi connectivity index (χ4n) is 1.60. The summed E-state index contributed by atoms with van der Waals surface area (Å²) in [6, 6.07) is 0.104. The SMILES string of the molecule is CC1CC2=C(C(=O)O)SNC2CO1. The van der Waals surface area contributed by atoms with E-state index in [0.717, 1.165) is 12.0 Å². The van der Waals surface area contributed by atoms with Crippen molar-refractivity contribution in [2.75, 3.05) is 6.61 Å². The van der Waals surface area contributed by atoms with Gasteiger partial charge in [0.15, 0.2) is 0 Å². The maximum Gasteiger partial charge on any atom is 0.343 e. The molecule has 2 aliphatic heterocycles. The van der Waals surface area contributed by atoms with Gasteiger partial charge in [0.1, 0.15) is 4.91 Å². The second kappa shape index (κ2) is 3.32. The summed E-state index contributed by atoms with van der Waals surface area (Å²) in [5.74, 6) is -0.830. The van der Waals surface area contributed by atoms with Crippen molar-refractivity contribution in [2.24, 2.45) is 0 Å². The maximum absolute atomic E-state index is 10.8. The number of fused-ring (bicyclic) bond motifs is 1. The van der Waals surface area contributed by atoms with Gasteiger partial charge in [-0.05, 0) is 30.9 Å². The largest absolute Gasteiger partial charge is 0.477 e. The van der Waals surface area contributed by atoms with Crippen LogP contribution < -0.4 is 4.72 Å². The lowest BCUT2D eigenvalue weighted by Gasteiger charge is -2.25. The average Bonchev–Trinajstić information content (AvgIpc) is 2.46. The highest BCUT2D eigenvalue weighted by molar-refractivity contribution is 8.02. The first-order valence-corrected chi connectivity index (χ1v) is 5.00. The minimum Gasteiger partial charge on any atom is -0.477 e. The van der Waals surface area contributed by atoms with Crippen LogP contribution in [0.4, 0.5) is 0 Å². The minimum atomic E-state index is -0.830. The Morgan fingerprint density at radius 3 is 3.23 bits per heavy atom. The van der Waals surface area contributed by atoms with Crippen LogP contribution in [0.1, 0.15) is 13.3 Å². The van der Waals surface area contributed by atoms with Crippen molar-refractivity contribution in [1.82, 2.24) is 4.72 Å². The maximum atomic E-state index is 10.8. The van der Waals surface area contributed by atoms with E-state index in [4.69, 9.17) is 9.84 Å². The molecule has 2 heterocycles. The van der Waals surface area contributed by atoms with Gasteiger partial charge >= 0.3 is 5.97 Å². The summed E-state index contributed by atoms with van der Waals surface area (Å²) >= 11 is 1.21. The van der Waals surface area contributed by atoms with Crippen molar-refractivity contribution >= 4 is 17.9 Å². The minimum absolute atomic E-state index is 0.104. The Balaban J connectivity index is 2.25. The van der Waals surface area contributed by atoms with E-state index >= 15 is 0 Å². The smallest absolute Gasteiger partial charge is 0.343 e. The third-order valence-corrected chi connectivity index (χ3v) is 3.31. The molecule has 1 fully saturated rings. The molecule has 0 amide bonds.